The number of hydrogen-bond acceptors (Lipinski definition) is 17. The van der Waals surface area contributed by atoms with Crippen LogP contribution in [0.25, 0.3) is 44.1 Å². The minimum atomic E-state index is -3.09. The molecule has 4 aliphatic rings. The predicted octanol–water partition coefficient (Wildman–Crippen LogP) is 10.5. The largest absolute Gasteiger partial charge is 0.444 e. The molecule has 12 heterocycles. The van der Waals surface area contributed by atoms with E-state index in [-0.39, 0.29) is 24.1 Å². The van der Waals surface area contributed by atoms with Crippen molar-refractivity contribution in [3.8, 4) is 0 Å². The number of anilines is 2. The molecule has 4 aliphatic heterocycles. The van der Waals surface area contributed by atoms with Crippen LogP contribution in [0, 0.1) is 23.7 Å². The number of carbonyl (C=O) groups is 2. The van der Waals surface area contributed by atoms with Gasteiger partial charge in [-0.15, -0.1) is 0 Å². The first-order chi connectivity index (χ1) is 41.7. The summed E-state index contributed by atoms with van der Waals surface area (Å²) < 4.78 is 43.9. The Hall–Kier alpha value is -6.35. The van der Waals surface area contributed by atoms with Crippen molar-refractivity contribution in [3.63, 3.8) is 0 Å². The third kappa shape index (κ3) is 17.5. The van der Waals surface area contributed by atoms with Gasteiger partial charge in [-0.1, -0.05) is 46.4 Å². The van der Waals surface area contributed by atoms with Gasteiger partial charge in [0.15, 0.2) is 0 Å². The number of nitrogen functional groups attached to an aromatic ring is 2. The van der Waals surface area contributed by atoms with Crippen molar-refractivity contribution in [1.82, 2.24) is 77.6 Å². The maximum atomic E-state index is 12.1. The van der Waals surface area contributed by atoms with E-state index in [1.165, 1.54) is 36.1 Å². The number of likely N-dealkylation sites (tertiary alicyclic amines) is 2. The lowest BCUT2D eigenvalue weighted by Gasteiger charge is -2.33. The molecule has 0 spiro atoms. The highest BCUT2D eigenvalue weighted by Crippen LogP contribution is 2.30. The summed E-state index contributed by atoms with van der Waals surface area (Å²) in [6.07, 6.45) is 19.7. The average molecular weight is 1310 g/mol. The van der Waals surface area contributed by atoms with Gasteiger partial charge in [0, 0.05) is 90.2 Å². The summed E-state index contributed by atoms with van der Waals surface area (Å²) in [5.74, 6) is 2.45. The summed E-state index contributed by atoms with van der Waals surface area (Å²) in [6.45, 7) is 21.1. The Morgan fingerprint density at radius 2 is 0.818 bits per heavy atom. The first-order valence-electron chi connectivity index (χ1n) is 29.8. The summed E-state index contributed by atoms with van der Waals surface area (Å²) in [6, 6.07) is 7.74. The number of hydrogen-bond donors (Lipinski definition) is 3. The molecule has 0 bridgehead atoms. The molecule has 8 aromatic heterocycles. The zero-order valence-corrected chi connectivity index (χ0v) is 54.8. The van der Waals surface area contributed by atoms with E-state index in [0.717, 1.165) is 141 Å². The van der Waals surface area contributed by atoms with Crippen molar-refractivity contribution in [2.75, 3.05) is 70.1 Å². The van der Waals surface area contributed by atoms with E-state index >= 15 is 0 Å². The molecule has 88 heavy (non-hydrogen) atoms. The topological polar surface area (TPSA) is 283 Å². The van der Waals surface area contributed by atoms with Crippen LogP contribution < -0.4 is 16.8 Å². The second-order valence-corrected chi connectivity index (χ2v) is 28.4. The van der Waals surface area contributed by atoms with Gasteiger partial charge >= 0.3 is 12.2 Å². The number of amides is 2. The number of nitrogens with one attached hydrogen (secondary N) is 1. The number of ether oxygens (including phenoxy) is 2. The van der Waals surface area contributed by atoms with Crippen LogP contribution in [0.1, 0.15) is 92.9 Å². The average Bonchev–Trinajstić information content (AvgIpc) is 2.66. The Bertz CT molecular complexity index is 3800. The highest BCUT2D eigenvalue weighted by Gasteiger charge is 2.30. The number of piperidine rings is 4. The number of rotatable bonds is 9. The van der Waals surface area contributed by atoms with E-state index in [1.54, 1.807) is 9.80 Å². The number of sulfonamides is 1. The highest BCUT2D eigenvalue weighted by molar-refractivity contribution is 7.88. The molecular weight excluding hydrogens is 1230 g/mol. The van der Waals surface area contributed by atoms with E-state index in [0.29, 0.717) is 64.5 Å². The molecule has 24 nitrogen and oxygen atoms in total. The zero-order chi connectivity index (χ0) is 63.1. The van der Waals surface area contributed by atoms with Gasteiger partial charge in [-0.05, 0) is 154 Å². The van der Waals surface area contributed by atoms with Crippen LogP contribution in [0.2, 0.25) is 20.6 Å². The van der Waals surface area contributed by atoms with E-state index in [2.05, 4.69) is 65.1 Å². The molecule has 29 heteroatoms. The monoisotopic (exact) mass is 1310 g/mol. The molecule has 8 aromatic rings. The third-order valence-corrected chi connectivity index (χ3v) is 18.5. The van der Waals surface area contributed by atoms with Crippen LogP contribution in [0.5, 0.6) is 0 Å². The molecule has 4 fully saturated rings. The van der Waals surface area contributed by atoms with Gasteiger partial charge in [-0.3, -0.25) is 0 Å². The molecular formula is C59H80Cl4N18O6S. The predicted molar refractivity (Wildman–Crippen MR) is 345 cm³/mol. The Labute approximate surface area is 533 Å². The van der Waals surface area contributed by atoms with Gasteiger partial charge in [0.05, 0.1) is 27.8 Å². The van der Waals surface area contributed by atoms with E-state index < -0.39 is 21.2 Å². The third-order valence-electron chi connectivity index (χ3n) is 16.0. The van der Waals surface area contributed by atoms with Crippen LogP contribution in [0.3, 0.4) is 0 Å². The number of nitrogens with zero attached hydrogens (tertiary/aromatic N) is 15. The van der Waals surface area contributed by atoms with Crippen molar-refractivity contribution in [1.29, 1.82) is 0 Å². The Morgan fingerprint density at radius 3 is 1.16 bits per heavy atom. The number of halogens is 4. The SMILES string of the molecule is CC(C)(C)OC(=O)N1CCC(Cn2ccc3c(Cl)nc(N)nc32)CC1.CC(C)(C)OC(=O)N1CCC(Cn2ccc3c(Cl)ncnc32)CC1.CS(=O)(=O)N1CCC(Cn2ccc3c(Cl)nc(N)nc32)CC1.Clc1ncnc2c1ccn2CC1CCNCC1. The second kappa shape index (κ2) is 28.6. The van der Waals surface area contributed by atoms with Crippen LogP contribution in [-0.4, -0.2) is 163 Å². The smallest absolute Gasteiger partial charge is 0.410 e. The molecule has 0 saturated carbocycles. The van der Waals surface area contributed by atoms with Crippen LogP contribution in [0.15, 0.2) is 61.7 Å². The molecule has 12 rings (SSSR count). The zero-order valence-electron chi connectivity index (χ0n) is 51.0. The molecule has 0 atom stereocenters. The summed E-state index contributed by atoms with van der Waals surface area (Å²) in [5, 5.41) is 8.56. The number of fused-ring (bicyclic) bond motifs is 4. The highest BCUT2D eigenvalue weighted by atomic mass is 35.5. The quantitative estimate of drug-likeness (QED) is 0.113. The molecule has 5 N–H and O–H groups in total. The van der Waals surface area contributed by atoms with Crippen LogP contribution >= 0.6 is 46.4 Å². The van der Waals surface area contributed by atoms with Gasteiger partial charge < -0.3 is 54.3 Å². The fourth-order valence-electron chi connectivity index (χ4n) is 11.5. The molecule has 0 aliphatic carbocycles. The lowest BCUT2D eigenvalue weighted by molar-refractivity contribution is 0.0168. The van der Waals surface area contributed by atoms with E-state index in [9.17, 15) is 18.0 Å². The summed E-state index contributed by atoms with van der Waals surface area (Å²) >= 11 is 24.3. The molecule has 0 aromatic carbocycles. The number of aromatic nitrogens is 12. The molecule has 476 valence electrons. The van der Waals surface area contributed by atoms with Crippen LogP contribution in [-0.2, 0) is 45.7 Å². The Balaban J connectivity index is 0.000000141. The fraction of sp³-hybridized carbons (Fsp3) is 0.559. The standard InChI is InChI=1S/C17H24ClN5O2.C17H23ClN4O2.C13H18ClN5O2S.C12H15ClN4/c1-17(2,3)25-16(24)22-7-4-11(5-8-22)10-23-9-6-12-13(18)20-15(19)21-14(12)23;1-17(2,3)24-16(23)21-7-4-12(5-8-21)10-22-9-6-13-14(18)19-11-20-15(13)22;1-22(20,21)19-6-2-9(3-7-19)8-18-5-4-10-11(14)16-13(15)17-12(10)18;13-11-10-3-6-17(12(10)16-8-15-11)7-9-1-4-14-5-2-9/h6,9,11H,4-5,7-8,10H2,1-3H3,(H2,19,20,21);6,9,11-12H,4-5,7-8,10H2,1-3H3;4-5,9H,2-3,6-8H2,1H3,(H2,15,16,17);3,6,8-9,14H,1-2,4-5,7H2. The molecule has 4 saturated heterocycles. The minimum absolute atomic E-state index is 0.157. The summed E-state index contributed by atoms with van der Waals surface area (Å²) in [7, 11) is -3.09. The fourth-order valence-corrected chi connectivity index (χ4v) is 13.2. The van der Waals surface area contributed by atoms with E-state index in [4.69, 9.17) is 67.3 Å². The Kier molecular flexibility index (Phi) is 21.5. The normalized spacial score (nSPS) is 17.1. The maximum Gasteiger partial charge on any atom is 0.410 e. The van der Waals surface area contributed by atoms with Gasteiger partial charge in [0.1, 0.15) is 67.1 Å². The van der Waals surface area contributed by atoms with Crippen molar-refractivity contribution in [2.45, 2.75) is 130 Å². The first-order valence-corrected chi connectivity index (χ1v) is 33.2. The van der Waals surface area contributed by atoms with Crippen molar-refractivity contribution >= 4 is 125 Å². The van der Waals surface area contributed by atoms with Gasteiger partial charge in [-0.25, -0.2) is 52.2 Å². The van der Waals surface area contributed by atoms with Gasteiger partial charge in [0.2, 0.25) is 21.9 Å². The van der Waals surface area contributed by atoms with Crippen molar-refractivity contribution < 1.29 is 27.5 Å². The van der Waals surface area contributed by atoms with Crippen molar-refractivity contribution in [3.05, 3.63) is 82.3 Å². The summed E-state index contributed by atoms with van der Waals surface area (Å²) in [4.78, 5) is 61.0. The summed E-state index contributed by atoms with van der Waals surface area (Å²) in [5.41, 5.74) is 13.8. The van der Waals surface area contributed by atoms with E-state index in [1.807, 2.05) is 89.0 Å². The lowest BCUT2D eigenvalue weighted by Crippen LogP contribution is -2.42. The molecule has 2 amide bonds. The maximum absolute atomic E-state index is 12.1. The van der Waals surface area contributed by atoms with Crippen molar-refractivity contribution in [2.24, 2.45) is 23.7 Å². The molecule has 0 radical (unpaired) electrons. The van der Waals surface area contributed by atoms with Gasteiger partial charge in [0.25, 0.3) is 0 Å². The molecule has 0 unspecified atom stereocenters. The lowest BCUT2D eigenvalue weighted by atomic mass is 9.97. The number of carbonyl (C=O) groups excluding carboxylic acids is 2. The number of nitrogens with two attached hydrogens (primary N) is 2. The van der Waals surface area contributed by atoms with Gasteiger partial charge in [-0.2, -0.15) is 9.97 Å². The first kappa shape index (κ1) is 66.1. The Morgan fingerprint density at radius 1 is 0.500 bits per heavy atom. The minimum Gasteiger partial charge on any atom is -0.444 e. The second-order valence-electron chi connectivity index (χ2n) is 25.0. The van der Waals surface area contributed by atoms with Crippen LogP contribution in [0.4, 0.5) is 21.5 Å².